The Balaban J connectivity index is 2.10. The fourth-order valence-electron chi connectivity index (χ4n) is 3.61. The first-order valence-electron chi connectivity index (χ1n) is 8.41. The summed E-state index contributed by atoms with van der Waals surface area (Å²) in [4.78, 5) is 12.7. The highest BCUT2D eigenvalue weighted by Crippen LogP contribution is 2.64. The van der Waals surface area contributed by atoms with Crippen molar-refractivity contribution in [2.24, 2.45) is 11.1 Å². The van der Waals surface area contributed by atoms with Crippen LogP contribution in [0.3, 0.4) is 0 Å². The smallest absolute Gasteiger partial charge is 0.315 e. The number of carbonyl (C=O) groups excluding carboxylic acids is 1. The van der Waals surface area contributed by atoms with E-state index in [2.05, 4.69) is 0 Å². The fraction of sp³-hybridized carbons (Fsp3) is 0.316. The Bertz CT molecular complexity index is 947. The molecule has 0 bridgehead atoms. The van der Waals surface area contributed by atoms with Crippen molar-refractivity contribution in [2.45, 2.75) is 23.0 Å². The van der Waals surface area contributed by atoms with E-state index < -0.39 is 38.2 Å². The predicted molar refractivity (Wildman–Crippen MR) is 99.7 cm³/mol. The normalized spacial score (nSPS) is 24.4. The zero-order valence-electron chi connectivity index (χ0n) is 14.6. The molecule has 2 aromatic rings. The van der Waals surface area contributed by atoms with Crippen molar-refractivity contribution >= 4 is 27.4 Å². The van der Waals surface area contributed by atoms with Crippen LogP contribution in [0, 0.1) is 11.2 Å². The molecule has 3 rings (SSSR count). The van der Waals surface area contributed by atoms with Gasteiger partial charge in [0.2, 0.25) is 0 Å². The maximum absolute atomic E-state index is 13.3. The predicted octanol–water partition coefficient (Wildman–Crippen LogP) is 2.93. The van der Waals surface area contributed by atoms with E-state index in [1.807, 2.05) is 0 Å². The number of rotatable bonds is 6. The van der Waals surface area contributed by atoms with E-state index in [0.29, 0.717) is 10.6 Å². The van der Waals surface area contributed by atoms with Crippen LogP contribution >= 0.6 is 11.6 Å². The van der Waals surface area contributed by atoms with Gasteiger partial charge in [-0.1, -0.05) is 23.7 Å². The summed E-state index contributed by atoms with van der Waals surface area (Å²) in [5, 5.41) is -0.698. The zero-order valence-corrected chi connectivity index (χ0v) is 16.1. The number of sulfone groups is 1. The number of benzene rings is 2. The van der Waals surface area contributed by atoms with Crippen LogP contribution in [0.4, 0.5) is 4.39 Å². The van der Waals surface area contributed by atoms with Crippen LogP contribution in [0.1, 0.15) is 18.4 Å². The van der Waals surface area contributed by atoms with Crippen molar-refractivity contribution in [1.29, 1.82) is 0 Å². The van der Waals surface area contributed by atoms with Crippen LogP contribution in [0.25, 0.3) is 0 Å². The lowest BCUT2D eigenvalue weighted by atomic mass is 9.99. The van der Waals surface area contributed by atoms with Gasteiger partial charge in [-0.3, -0.25) is 4.79 Å². The molecule has 144 valence electrons. The molecule has 0 aliphatic heterocycles. The lowest BCUT2D eigenvalue weighted by molar-refractivity contribution is -0.149. The Hall–Kier alpha value is -1.96. The van der Waals surface area contributed by atoms with Crippen molar-refractivity contribution < 1.29 is 22.3 Å². The van der Waals surface area contributed by atoms with E-state index in [1.54, 1.807) is 6.92 Å². The Morgan fingerprint density at radius 2 is 1.78 bits per heavy atom. The largest absolute Gasteiger partial charge is 0.465 e. The first-order chi connectivity index (χ1) is 12.8. The summed E-state index contributed by atoms with van der Waals surface area (Å²) >= 11 is 5.85. The maximum atomic E-state index is 13.3. The Kier molecular flexibility index (Phi) is 5.29. The van der Waals surface area contributed by atoms with Gasteiger partial charge in [-0.2, -0.15) is 0 Å². The third-order valence-corrected chi connectivity index (χ3v) is 7.50. The van der Waals surface area contributed by atoms with E-state index in [0.717, 1.165) is 0 Å². The molecule has 2 N–H and O–H groups in total. The van der Waals surface area contributed by atoms with Gasteiger partial charge < -0.3 is 10.5 Å². The van der Waals surface area contributed by atoms with Gasteiger partial charge in [-0.05, 0) is 48.9 Å². The summed E-state index contributed by atoms with van der Waals surface area (Å²) in [6, 6.07) is 11.1. The molecule has 8 heteroatoms. The number of hydrogen-bond donors (Lipinski definition) is 1. The summed E-state index contributed by atoms with van der Waals surface area (Å²) in [6.07, 6.45) is 0. The molecule has 2 aromatic carbocycles. The molecule has 0 spiro atoms. The molecule has 0 saturated heterocycles. The number of carbonyl (C=O) groups is 1. The summed E-state index contributed by atoms with van der Waals surface area (Å²) in [5.41, 5.74) is 5.00. The SMILES string of the molecule is CCOC(=O)[C@]1(CN)[C@H](c2ccc(F)cc2)[C@H]1S(=O)(=O)c1ccc(Cl)cc1. The fourth-order valence-corrected chi connectivity index (χ4v) is 6.12. The third kappa shape index (κ3) is 3.24. The highest BCUT2D eigenvalue weighted by atomic mass is 35.5. The number of hydrogen-bond acceptors (Lipinski definition) is 5. The average Bonchev–Trinajstić information content (AvgIpc) is 3.34. The first-order valence-corrected chi connectivity index (χ1v) is 10.3. The van der Waals surface area contributed by atoms with Gasteiger partial charge in [0.05, 0.1) is 16.8 Å². The molecule has 0 radical (unpaired) electrons. The second-order valence-electron chi connectivity index (χ2n) is 6.41. The van der Waals surface area contributed by atoms with Crippen LogP contribution in [0.15, 0.2) is 53.4 Å². The van der Waals surface area contributed by atoms with Gasteiger partial charge in [-0.25, -0.2) is 12.8 Å². The molecule has 27 heavy (non-hydrogen) atoms. The highest BCUT2D eigenvalue weighted by Gasteiger charge is 2.75. The van der Waals surface area contributed by atoms with E-state index in [9.17, 15) is 17.6 Å². The second kappa shape index (κ2) is 7.22. The van der Waals surface area contributed by atoms with Crippen LogP contribution < -0.4 is 5.73 Å². The molecule has 0 amide bonds. The second-order valence-corrected chi connectivity index (χ2v) is 8.92. The van der Waals surface area contributed by atoms with Gasteiger partial charge in [0.15, 0.2) is 9.84 Å². The number of ether oxygens (including phenoxy) is 1. The van der Waals surface area contributed by atoms with Crippen LogP contribution in [-0.4, -0.2) is 32.8 Å². The van der Waals surface area contributed by atoms with Gasteiger partial charge in [0.1, 0.15) is 11.2 Å². The van der Waals surface area contributed by atoms with Crippen LogP contribution in [0.2, 0.25) is 5.02 Å². The maximum Gasteiger partial charge on any atom is 0.315 e. The summed E-state index contributed by atoms with van der Waals surface area (Å²) in [5.74, 6) is -1.84. The Morgan fingerprint density at radius 1 is 1.19 bits per heavy atom. The number of halogens is 2. The minimum Gasteiger partial charge on any atom is -0.465 e. The van der Waals surface area contributed by atoms with Crippen LogP contribution in [-0.2, 0) is 19.4 Å². The topological polar surface area (TPSA) is 86.5 Å². The lowest BCUT2D eigenvalue weighted by Crippen LogP contribution is -2.33. The van der Waals surface area contributed by atoms with E-state index >= 15 is 0 Å². The van der Waals surface area contributed by atoms with Gasteiger partial charge >= 0.3 is 5.97 Å². The van der Waals surface area contributed by atoms with Crippen LogP contribution in [0.5, 0.6) is 0 Å². The Labute approximate surface area is 162 Å². The molecular formula is C19H19ClFNO4S. The van der Waals surface area contributed by atoms with Crippen molar-refractivity contribution in [3.05, 3.63) is 64.9 Å². The van der Waals surface area contributed by atoms with Gasteiger partial charge in [0.25, 0.3) is 0 Å². The van der Waals surface area contributed by atoms with Crippen molar-refractivity contribution in [3.8, 4) is 0 Å². The monoisotopic (exact) mass is 411 g/mol. The third-order valence-electron chi connectivity index (χ3n) is 4.96. The Morgan fingerprint density at radius 3 is 2.30 bits per heavy atom. The van der Waals surface area contributed by atoms with Crippen molar-refractivity contribution in [2.75, 3.05) is 13.2 Å². The molecular weight excluding hydrogens is 393 g/mol. The molecule has 0 heterocycles. The zero-order chi connectivity index (χ0) is 19.8. The van der Waals surface area contributed by atoms with E-state index in [1.165, 1.54) is 48.5 Å². The number of esters is 1. The minimum atomic E-state index is -3.91. The van der Waals surface area contributed by atoms with Gasteiger partial charge in [-0.15, -0.1) is 0 Å². The standard InChI is InChI=1S/C19H19ClFNO4S/c1-2-26-18(23)19(11-22)16(12-3-7-14(21)8-4-12)17(19)27(24,25)15-9-5-13(20)6-10-15/h3-10,16-17H,2,11,22H2,1H3/t16-,17-,19-/m1/s1. The van der Waals surface area contributed by atoms with Crippen molar-refractivity contribution in [3.63, 3.8) is 0 Å². The molecule has 5 nitrogen and oxygen atoms in total. The van der Waals surface area contributed by atoms with E-state index in [4.69, 9.17) is 22.1 Å². The van der Waals surface area contributed by atoms with Crippen molar-refractivity contribution in [1.82, 2.24) is 0 Å². The summed E-state index contributed by atoms with van der Waals surface area (Å²) in [7, 11) is -3.91. The molecule has 1 aliphatic carbocycles. The van der Waals surface area contributed by atoms with E-state index in [-0.39, 0.29) is 18.0 Å². The molecule has 3 atom stereocenters. The number of nitrogens with two attached hydrogens (primary N) is 1. The molecule has 1 fully saturated rings. The molecule has 0 unspecified atom stereocenters. The van der Waals surface area contributed by atoms with Gasteiger partial charge in [0, 0.05) is 17.5 Å². The molecule has 0 aromatic heterocycles. The summed E-state index contributed by atoms with van der Waals surface area (Å²) < 4.78 is 45.0. The average molecular weight is 412 g/mol. The molecule has 1 saturated carbocycles. The lowest BCUT2D eigenvalue weighted by Gasteiger charge is -2.14. The first kappa shape index (κ1) is 19.8. The summed E-state index contributed by atoms with van der Waals surface area (Å²) in [6.45, 7) is 1.54. The minimum absolute atomic E-state index is 0.0450. The quantitative estimate of drug-likeness (QED) is 0.738. The highest BCUT2D eigenvalue weighted by molar-refractivity contribution is 7.92. The molecule has 1 aliphatic rings.